The summed E-state index contributed by atoms with van der Waals surface area (Å²) in [6, 6.07) is 8.47. The van der Waals surface area contributed by atoms with Crippen LogP contribution >= 0.6 is 0 Å². The van der Waals surface area contributed by atoms with E-state index in [4.69, 9.17) is 5.73 Å². The fourth-order valence-corrected chi connectivity index (χ4v) is 3.53. The van der Waals surface area contributed by atoms with Crippen LogP contribution in [0.1, 0.15) is 65.9 Å². The zero-order valence-electron chi connectivity index (χ0n) is 19.0. The number of nitrogens with two attached hydrogens (primary N) is 1. The van der Waals surface area contributed by atoms with Crippen LogP contribution in [0.5, 0.6) is 5.75 Å². The molecule has 0 saturated carbocycles. The second-order valence-electron chi connectivity index (χ2n) is 8.15. The molecule has 1 atom stereocenters. The van der Waals surface area contributed by atoms with Gasteiger partial charge >= 0.3 is 0 Å². The molecule has 0 aromatic heterocycles. The third-order valence-electron chi connectivity index (χ3n) is 5.45. The fourth-order valence-electron chi connectivity index (χ4n) is 3.53. The van der Waals surface area contributed by atoms with Crippen molar-refractivity contribution < 1.29 is 5.11 Å². The molecular weight excluding hydrogens is 356 g/mol. The van der Waals surface area contributed by atoms with Crippen molar-refractivity contribution >= 4 is 5.57 Å². The molecule has 0 spiro atoms. The molecule has 1 aromatic carbocycles. The predicted octanol–water partition coefficient (Wildman–Crippen LogP) is 6.43. The van der Waals surface area contributed by atoms with Gasteiger partial charge in [-0.15, -0.1) is 6.58 Å². The van der Waals surface area contributed by atoms with Crippen molar-refractivity contribution in [2.24, 2.45) is 5.73 Å². The SMILES string of the molecule is C=CC/C(=C\C(CC(=C)CCN(C(C)C)C(C)CC)=C(/C)N)c1ccccc1O. The molecule has 0 aliphatic heterocycles. The first-order valence-electron chi connectivity index (χ1n) is 10.7. The van der Waals surface area contributed by atoms with E-state index in [0.717, 1.165) is 48.2 Å². The standard InChI is InChI=1S/C26H40N2O/c1-8-12-23(25-13-10-11-14-26(25)29)18-24(22(7)27)17-20(5)15-16-28(19(3)4)21(6)9-2/h8,10-11,13-14,18-19,21,29H,1,5,9,12,15-17,27H2,2-4,6-7H3/b23-18+,24-22+. The van der Waals surface area contributed by atoms with Gasteiger partial charge in [-0.05, 0) is 70.6 Å². The summed E-state index contributed by atoms with van der Waals surface area (Å²) in [4.78, 5) is 2.53. The lowest BCUT2D eigenvalue weighted by molar-refractivity contribution is 0.162. The van der Waals surface area contributed by atoms with Gasteiger partial charge in [-0.1, -0.05) is 49.4 Å². The Morgan fingerprint density at radius 1 is 1.24 bits per heavy atom. The van der Waals surface area contributed by atoms with Crippen molar-refractivity contribution in [2.45, 2.75) is 72.4 Å². The molecule has 29 heavy (non-hydrogen) atoms. The number of allylic oxidation sites excluding steroid dienone is 5. The second kappa shape index (κ2) is 12.3. The average molecular weight is 397 g/mol. The lowest BCUT2D eigenvalue weighted by atomic mass is 9.95. The van der Waals surface area contributed by atoms with Crippen LogP contribution in [-0.2, 0) is 0 Å². The number of phenols is 1. The fraction of sp³-hybridized carbons (Fsp3) is 0.462. The smallest absolute Gasteiger partial charge is 0.123 e. The van der Waals surface area contributed by atoms with E-state index in [0.29, 0.717) is 18.5 Å². The summed E-state index contributed by atoms with van der Waals surface area (Å²) in [5, 5.41) is 10.3. The zero-order chi connectivity index (χ0) is 22.0. The molecule has 0 bridgehead atoms. The van der Waals surface area contributed by atoms with Gasteiger partial charge in [0.25, 0.3) is 0 Å². The molecule has 0 saturated heterocycles. The molecule has 1 aromatic rings. The molecule has 3 N–H and O–H groups in total. The third-order valence-corrected chi connectivity index (χ3v) is 5.45. The molecule has 160 valence electrons. The first kappa shape index (κ1) is 24.8. The molecular formula is C26H40N2O. The topological polar surface area (TPSA) is 49.5 Å². The van der Waals surface area contributed by atoms with Crippen LogP contribution in [-0.4, -0.2) is 28.6 Å². The molecule has 0 aliphatic rings. The average Bonchev–Trinajstić information content (AvgIpc) is 2.66. The molecule has 0 aliphatic carbocycles. The Kier molecular flexibility index (Phi) is 10.5. The van der Waals surface area contributed by atoms with Gasteiger partial charge in [-0.3, -0.25) is 4.90 Å². The number of hydrogen-bond acceptors (Lipinski definition) is 3. The molecule has 0 amide bonds. The maximum atomic E-state index is 10.3. The van der Waals surface area contributed by atoms with Crippen molar-refractivity contribution in [1.29, 1.82) is 0 Å². The highest BCUT2D eigenvalue weighted by atomic mass is 16.3. The van der Waals surface area contributed by atoms with E-state index in [-0.39, 0.29) is 5.75 Å². The van der Waals surface area contributed by atoms with Gasteiger partial charge < -0.3 is 10.8 Å². The Labute approximate surface area is 178 Å². The summed E-state index contributed by atoms with van der Waals surface area (Å²) in [5.41, 5.74) is 11.0. The largest absolute Gasteiger partial charge is 0.507 e. The third kappa shape index (κ3) is 7.94. The molecule has 0 radical (unpaired) electrons. The van der Waals surface area contributed by atoms with Crippen LogP contribution in [0.15, 0.2) is 66.4 Å². The number of rotatable bonds is 12. The number of nitrogens with zero attached hydrogens (tertiary/aromatic N) is 1. The monoisotopic (exact) mass is 396 g/mol. The van der Waals surface area contributed by atoms with Crippen LogP contribution < -0.4 is 5.73 Å². The minimum atomic E-state index is 0.273. The maximum absolute atomic E-state index is 10.3. The first-order valence-corrected chi connectivity index (χ1v) is 10.7. The number of para-hydroxylation sites is 1. The van der Waals surface area contributed by atoms with Crippen LogP contribution in [0.3, 0.4) is 0 Å². The van der Waals surface area contributed by atoms with Gasteiger partial charge in [-0.25, -0.2) is 0 Å². The van der Waals surface area contributed by atoms with Crippen LogP contribution in [0, 0.1) is 0 Å². The van der Waals surface area contributed by atoms with E-state index in [2.05, 4.69) is 51.8 Å². The highest BCUT2D eigenvalue weighted by Crippen LogP contribution is 2.30. The van der Waals surface area contributed by atoms with E-state index in [1.807, 2.05) is 31.2 Å². The number of benzene rings is 1. The van der Waals surface area contributed by atoms with Gasteiger partial charge in [0.15, 0.2) is 0 Å². The normalized spacial score (nSPS) is 14.1. The van der Waals surface area contributed by atoms with Crippen molar-refractivity contribution in [1.82, 2.24) is 4.90 Å². The van der Waals surface area contributed by atoms with E-state index >= 15 is 0 Å². The summed E-state index contributed by atoms with van der Waals surface area (Å²) in [6.07, 6.45) is 7.43. The minimum Gasteiger partial charge on any atom is -0.507 e. The van der Waals surface area contributed by atoms with Gasteiger partial charge in [0.1, 0.15) is 5.75 Å². The van der Waals surface area contributed by atoms with Gasteiger partial charge in [0.2, 0.25) is 0 Å². The highest BCUT2D eigenvalue weighted by molar-refractivity contribution is 5.73. The highest BCUT2D eigenvalue weighted by Gasteiger charge is 2.16. The summed E-state index contributed by atoms with van der Waals surface area (Å²) >= 11 is 0. The Hall–Kier alpha value is -2.26. The molecule has 1 unspecified atom stereocenters. The molecule has 0 heterocycles. The number of aromatic hydroxyl groups is 1. The van der Waals surface area contributed by atoms with Crippen LogP contribution in [0.2, 0.25) is 0 Å². The Morgan fingerprint density at radius 3 is 2.41 bits per heavy atom. The lowest BCUT2D eigenvalue weighted by Crippen LogP contribution is -2.39. The van der Waals surface area contributed by atoms with Crippen molar-refractivity contribution in [3.63, 3.8) is 0 Å². The number of hydrogen-bond donors (Lipinski definition) is 2. The van der Waals surface area contributed by atoms with E-state index in [1.165, 1.54) is 5.57 Å². The van der Waals surface area contributed by atoms with Gasteiger partial charge in [0, 0.05) is 29.9 Å². The first-order chi connectivity index (χ1) is 13.7. The summed E-state index contributed by atoms with van der Waals surface area (Å²) in [6.45, 7) is 20.1. The van der Waals surface area contributed by atoms with Crippen molar-refractivity contribution in [3.05, 3.63) is 72.0 Å². The Balaban J connectivity index is 2.99. The summed E-state index contributed by atoms with van der Waals surface area (Å²) in [7, 11) is 0. The molecule has 1 rings (SSSR count). The quantitative estimate of drug-likeness (QED) is 0.316. The zero-order valence-corrected chi connectivity index (χ0v) is 19.0. The minimum absolute atomic E-state index is 0.273. The lowest BCUT2D eigenvalue weighted by Gasteiger charge is -2.32. The van der Waals surface area contributed by atoms with E-state index in [9.17, 15) is 5.11 Å². The van der Waals surface area contributed by atoms with Crippen molar-refractivity contribution in [2.75, 3.05) is 6.54 Å². The van der Waals surface area contributed by atoms with Crippen molar-refractivity contribution in [3.8, 4) is 5.75 Å². The number of phenolic OH excluding ortho intramolecular Hbond substituents is 1. The second-order valence-corrected chi connectivity index (χ2v) is 8.15. The molecule has 0 fully saturated rings. The van der Waals surface area contributed by atoms with Crippen LogP contribution in [0.4, 0.5) is 0 Å². The maximum Gasteiger partial charge on any atom is 0.123 e. The van der Waals surface area contributed by atoms with E-state index in [1.54, 1.807) is 6.07 Å². The Bertz CT molecular complexity index is 739. The summed E-state index contributed by atoms with van der Waals surface area (Å²) in [5.74, 6) is 0.273. The van der Waals surface area contributed by atoms with Gasteiger partial charge in [0.05, 0.1) is 0 Å². The van der Waals surface area contributed by atoms with Gasteiger partial charge in [-0.2, -0.15) is 0 Å². The molecule has 3 heteroatoms. The van der Waals surface area contributed by atoms with E-state index < -0.39 is 0 Å². The molecule has 3 nitrogen and oxygen atoms in total. The Morgan fingerprint density at radius 2 is 1.90 bits per heavy atom. The summed E-state index contributed by atoms with van der Waals surface area (Å²) < 4.78 is 0. The predicted molar refractivity (Wildman–Crippen MR) is 128 cm³/mol. The van der Waals surface area contributed by atoms with Crippen LogP contribution in [0.25, 0.3) is 5.57 Å².